The fraction of sp³-hybridized carbons (Fsp3) is 0.452. The van der Waals surface area contributed by atoms with Crippen molar-refractivity contribution >= 4 is 91.9 Å². The SMILES string of the molecule is CC(C)C[C@@H]1NC(=O)[C@H](Cc2c[nH]c3ccccc23)NC(=O)[C@H](CCCN=C(N)N)NC(=O)[C@H](CCCN)NC(=O)[C@H](CCCN=C(N)N)NC(=O)[C@H](CCCCN)NC(=O)[C@H](Cc2c[nH]c3ccccc23)NC(=O)[C@H](Cc2c[nH]c3ccccc23)NC1=O. The van der Waals surface area contributed by atoms with Crippen molar-refractivity contribution in [2.45, 2.75) is 146 Å². The highest BCUT2D eigenvalue weighted by molar-refractivity contribution is 6.00. The van der Waals surface area contributed by atoms with Crippen LogP contribution >= 0.6 is 0 Å². The van der Waals surface area contributed by atoms with E-state index < -0.39 is 95.6 Å². The number of hydrogen-bond donors (Lipinski definition) is 17. The number of aromatic nitrogens is 3. The van der Waals surface area contributed by atoms with Crippen LogP contribution in [0.15, 0.2) is 101 Å². The summed E-state index contributed by atoms with van der Waals surface area (Å²) >= 11 is 0. The summed E-state index contributed by atoms with van der Waals surface area (Å²) in [6.45, 7) is 4.20. The number of guanidine groups is 2. The summed E-state index contributed by atoms with van der Waals surface area (Å²) in [5, 5.41) is 25.2. The number of H-pyrrole nitrogens is 3. The molecule has 89 heavy (non-hydrogen) atoms. The second kappa shape index (κ2) is 33.0. The molecule has 0 unspecified atom stereocenters. The van der Waals surface area contributed by atoms with Gasteiger partial charge in [-0.1, -0.05) is 68.4 Å². The lowest BCUT2D eigenvalue weighted by atomic mass is 9.98. The molecule has 6 aromatic rings. The predicted octanol–water partition coefficient (Wildman–Crippen LogP) is 0.0716. The summed E-state index contributed by atoms with van der Waals surface area (Å²) in [6, 6.07) is 11.3. The molecule has 8 amide bonds. The van der Waals surface area contributed by atoms with E-state index in [2.05, 4.69) is 67.5 Å². The maximum atomic E-state index is 15.3. The molecule has 27 heteroatoms. The Morgan fingerprint density at radius 2 is 0.663 bits per heavy atom. The average Bonchev–Trinajstić information content (AvgIpc) is 2.27. The minimum atomic E-state index is -1.39. The number of carbonyl (C=O) groups is 8. The molecule has 0 bridgehead atoms. The molecular weight excluding hydrogens is 1140 g/mol. The Labute approximate surface area is 516 Å². The third-order valence-corrected chi connectivity index (χ3v) is 15.6. The number of unbranched alkanes of at least 4 members (excludes halogenated alkanes) is 1. The van der Waals surface area contributed by atoms with Crippen LogP contribution in [0.3, 0.4) is 0 Å². The molecule has 27 nitrogen and oxygen atoms in total. The molecule has 3 aromatic carbocycles. The Morgan fingerprint density at radius 3 is 0.989 bits per heavy atom. The Bertz CT molecular complexity index is 3450. The van der Waals surface area contributed by atoms with Gasteiger partial charge >= 0.3 is 0 Å². The Morgan fingerprint density at radius 1 is 0.382 bits per heavy atom. The van der Waals surface area contributed by atoms with Gasteiger partial charge in [0.1, 0.15) is 48.3 Å². The number of benzene rings is 3. The lowest BCUT2D eigenvalue weighted by Crippen LogP contribution is -2.62. The molecule has 0 spiro atoms. The van der Waals surface area contributed by atoms with E-state index in [-0.39, 0.29) is 115 Å². The predicted molar refractivity (Wildman–Crippen MR) is 342 cm³/mol. The lowest BCUT2D eigenvalue weighted by Gasteiger charge is -2.29. The van der Waals surface area contributed by atoms with Crippen molar-refractivity contribution in [2.24, 2.45) is 50.3 Å². The number of rotatable bonds is 23. The van der Waals surface area contributed by atoms with Crippen molar-refractivity contribution in [1.29, 1.82) is 0 Å². The minimum Gasteiger partial charge on any atom is -0.370 e. The first-order valence-electron chi connectivity index (χ1n) is 30.4. The van der Waals surface area contributed by atoms with E-state index in [1.54, 1.807) is 18.6 Å². The van der Waals surface area contributed by atoms with Crippen LogP contribution in [0.4, 0.5) is 0 Å². The van der Waals surface area contributed by atoms with E-state index in [0.717, 1.165) is 32.7 Å². The smallest absolute Gasteiger partial charge is 0.243 e. The highest BCUT2D eigenvalue weighted by Crippen LogP contribution is 2.24. The molecule has 0 saturated carbocycles. The zero-order valence-electron chi connectivity index (χ0n) is 50.5. The standard InChI is InChI=1S/C62H87N19O8/c1-35(2)28-49-57(86)80-52(31-38-34-73-44-19-8-5-16-41(38)44)60(89)81-50(29-36-32-71-42-17-6-3-14-39(36)42)58(87)77-45(20-9-10-24-63)53(82)75-47(22-12-26-69-61(65)66)55(84)74-46(21-11-25-64)54(83)76-48(23-13-27-70-62(67)68)56(85)79-51(59(88)78-49)30-37-33-72-43-18-7-4-15-40(37)43/h3-8,14-19,32-35,45-52,71-73H,9-13,20-31,63-64H2,1-2H3,(H,74,84)(H,75,82)(H,76,83)(H,77,87)(H,78,88)(H,79,85)(H,80,86)(H,81,89)(H4,65,66,69)(H4,67,68,70)/t45-,46-,47-,48-,49-,50-,51-,52-/m0/s1. The van der Waals surface area contributed by atoms with Crippen molar-refractivity contribution in [3.05, 3.63) is 108 Å². The number of fused-ring (bicyclic) bond motifs is 3. The van der Waals surface area contributed by atoms with Crippen molar-refractivity contribution < 1.29 is 38.4 Å². The number of aliphatic imine (C=N–C) groups is 2. The number of aromatic amines is 3. The van der Waals surface area contributed by atoms with E-state index in [9.17, 15) is 19.2 Å². The van der Waals surface area contributed by atoms with Gasteiger partial charge in [-0.15, -0.1) is 0 Å². The topological polar surface area (TPSA) is 461 Å². The van der Waals surface area contributed by atoms with Crippen molar-refractivity contribution in [3.63, 3.8) is 0 Å². The quantitative estimate of drug-likeness (QED) is 0.0230. The fourth-order valence-electron chi connectivity index (χ4n) is 11.0. The first kappa shape index (κ1) is 67.0. The van der Waals surface area contributed by atoms with Crippen LogP contribution in [0.5, 0.6) is 0 Å². The third-order valence-electron chi connectivity index (χ3n) is 15.6. The van der Waals surface area contributed by atoms with Gasteiger partial charge in [-0.3, -0.25) is 48.3 Å². The molecular formula is C62H87N19O8. The molecule has 3 aromatic heterocycles. The maximum Gasteiger partial charge on any atom is 0.243 e. The van der Waals surface area contributed by atoms with Gasteiger partial charge in [0.05, 0.1) is 0 Å². The molecule has 23 N–H and O–H groups in total. The summed E-state index contributed by atoms with van der Waals surface area (Å²) in [5.41, 5.74) is 38.7. The summed E-state index contributed by atoms with van der Waals surface area (Å²) in [7, 11) is 0. The van der Waals surface area contributed by atoms with E-state index in [1.165, 1.54) is 0 Å². The number of para-hydroxylation sites is 3. The number of nitrogens with zero attached hydrogens (tertiary/aromatic N) is 2. The lowest BCUT2D eigenvalue weighted by molar-refractivity contribution is -0.137. The van der Waals surface area contributed by atoms with Crippen LogP contribution in [0, 0.1) is 5.92 Å². The minimum absolute atomic E-state index is 0.0140. The molecule has 7 rings (SSSR count). The Balaban J connectivity index is 1.35. The number of nitrogens with two attached hydrogens (primary N) is 6. The first-order chi connectivity index (χ1) is 42.8. The molecule has 1 saturated heterocycles. The summed E-state index contributed by atoms with van der Waals surface area (Å²) in [4.78, 5) is 138. The van der Waals surface area contributed by atoms with Crippen LogP contribution in [0.25, 0.3) is 32.7 Å². The van der Waals surface area contributed by atoms with E-state index >= 15 is 19.2 Å². The summed E-state index contributed by atoms with van der Waals surface area (Å²) in [6.07, 6.45) is 6.24. The molecule has 0 radical (unpaired) electrons. The van der Waals surface area contributed by atoms with Gasteiger partial charge < -0.3 is 91.9 Å². The third kappa shape index (κ3) is 19.5. The normalized spacial score (nSPS) is 21.4. The van der Waals surface area contributed by atoms with E-state index in [4.69, 9.17) is 34.4 Å². The van der Waals surface area contributed by atoms with Gasteiger partial charge in [0, 0.05) is 83.7 Å². The highest BCUT2D eigenvalue weighted by atomic mass is 16.2. The average molecular weight is 1230 g/mol. The Hall–Kier alpha value is -9.50. The summed E-state index contributed by atoms with van der Waals surface area (Å²) in [5.74, 6) is -6.81. The molecule has 1 fully saturated rings. The first-order valence-corrected chi connectivity index (χ1v) is 30.4. The zero-order valence-corrected chi connectivity index (χ0v) is 50.5. The molecule has 0 aliphatic carbocycles. The van der Waals surface area contributed by atoms with Crippen molar-refractivity contribution in [3.8, 4) is 0 Å². The maximum absolute atomic E-state index is 15.3. The van der Waals surface area contributed by atoms with Crippen LogP contribution in [-0.4, -0.2) is 149 Å². The van der Waals surface area contributed by atoms with Crippen LogP contribution in [-0.2, 0) is 57.6 Å². The van der Waals surface area contributed by atoms with E-state index in [0.29, 0.717) is 29.5 Å². The van der Waals surface area contributed by atoms with Crippen molar-refractivity contribution in [1.82, 2.24) is 57.5 Å². The zero-order chi connectivity index (χ0) is 64.0. The molecule has 1 aliphatic rings. The number of amides is 8. The Kier molecular flexibility index (Phi) is 24.9. The van der Waals surface area contributed by atoms with Crippen LogP contribution < -0.4 is 76.9 Å². The van der Waals surface area contributed by atoms with Gasteiger partial charge in [-0.05, 0) is 118 Å². The summed E-state index contributed by atoms with van der Waals surface area (Å²) < 4.78 is 0. The monoisotopic (exact) mass is 1230 g/mol. The fourth-order valence-corrected chi connectivity index (χ4v) is 11.0. The molecule has 4 heterocycles. The van der Waals surface area contributed by atoms with Crippen LogP contribution in [0.1, 0.15) is 94.7 Å². The van der Waals surface area contributed by atoms with Gasteiger partial charge in [-0.2, -0.15) is 0 Å². The largest absolute Gasteiger partial charge is 0.370 e. The van der Waals surface area contributed by atoms with Crippen LogP contribution in [0.2, 0.25) is 0 Å². The highest BCUT2D eigenvalue weighted by Gasteiger charge is 2.37. The second-order valence-electron chi connectivity index (χ2n) is 22.9. The second-order valence-corrected chi connectivity index (χ2v) is 22.9. The number of nitrogens with one attached hydrogen (secondary N) is 11. The van der Waals surface area contributed by atoms with Crippen molar-refractivity contribution in [2.75, 3.05) is 26.2 Å². The van der Waals surface area contributed by atoms with Gasteiger partial charge in [0.2, 0.25) is 47.3 Å². The molecule has 478 valence electrons. The van der Waals surface area contributed by atoms with Gasteiger partial charge in [-0.25, -0.2) is 0 Å². The van der Waals surface area contributed by atoms with Gasteiger partial charge in [0.15, 0.2) is 11.9 Å². The number of carbonyl (C=O) groups excluding carboxylic acids is 8. The molecule has 8 atom stereocenters. The molecule has 1 aliphatic heterocycles. The van der Waals surface area contributed by atoms with Gasteiger partial charge in [0.25, 0.3) is 0 Å². The van der Waals surface area contributed by atoms with E-state index in [1.807, 2.05) is 86.6 Å². The number of hydrogen-bond acceptors (Lipinski definition) is 12.